The van der Waals surface area contributed by atoms with E-state index in [-0.39, 0.29) is 5.41 Å². The standard InChI is InChI=1S/C24H40N4OSi/c1-16(2)30(17(3)4,18(5)6)23-26-13-20(29-23)15-28-11-10-21-19(14-28)12-25-22(27-21)24(7,8)9/h12-13,16-18H,10-11,14-15H2,1-9H3. The largest absolute Gasteiger partial charge is 0.449 e. The molecule has 30 heavy (non-hydrogen) atoms. The van der Waals surface area contributed by atoms with Gasteiger partial charge in [0.05, 0.1) is 12.7 Å². The van der Waals surface area contributed by atoms with E-state index in [2.05, 4.69) is 72.2 Å². The van der Waals surface area contributed by atoms with Crippen molar-refractivity contribution in [3.63, 3.8) is 0 Å². The van der Waals surface area contributed by atoms with Crippen LogP contribution in [0.2, 0.25) is 16.6 Å². The van der Waals surface area contributed by atoms with Gasteiger partial charge in [-0.25, -0.2) is 15.0 Å². The first-order chi connectivity index (χ1) is 14.0. The maximum atomic E-state index is 6.47. The van der Waals surface area contributed by atoms with Crippen molar-refractivity contribution >= 4 is 13.6 Å². The van der Waals surface area contributed by atoms with Crippen LogP contribution in [0.1, 0.15) is 85.2 Å². The summed E-state index contributed by atoms with van der Waals surface area (Å²) in [7, 11) is -1.85. The van der Waals surface area contributed by atoms with E-state index in [4.69, 9.17) is 14.4 Å². The molecule has 0 bridgehead atoms. The predicted molar refractivity (Wildman–Crippen MR) is 126 cm³/mol. The number of hydrogen-bond donors (Lipinski definition) is 0. The summed E-state index contributed by atoms with van der Waals surface area (Å²) in [6, 6.07) is 0. The molecular formula is C24H40N4OSi. The molecule has 2 aromatic rings. The topological polar surface area (TPSA) is 55.1 Å². The summed E-state index contributed by atoms with van der Waals surface area (Å²) in [4.78, 5) is 16.8. The van der Waals surface area contributed by atoms with Crippen molar-refractivity contribution in [2.45, 2.75) is 104 Å². The molecule has 0 saturated carbocycles. The van der Waals surface area contributed by atoms with Gasteiger partial charge in [0.1, 0.15) is 11.6 Å². The summed E-state index contributed by atoms with van der Waals surface area (Å²) in [5, 5.41) is 0. The smallest absolute Gasteiger partial charge is 0.167 e. The first kappa shape index (κ1) is 23.1. The molecule has 6 heteroatoms. The minimum absolute atomic E-state index is 0.0119. The molecule has 1 aliphatic rings. The van der Waals surface area contributed by atoms with Gasteiger partial charge in [-0.15, -0.1) is 0 Å². The first-order valence-corrected chi connectivity index (χ1v) is 13.7. The van der Waals surface area contributed by atoms with Crippen LogP contribution in [0.5, 0.6) is 0 Å². The van der Waals surface area contributed by atoms with Gasteiger partial charge in [-0.05, 0) is 16.6 Å². The molecule has 1 aliphatic heterocycles. The van der Waals surface area contributed by atoms with Crippen LogP contribution in [-0.2, 0) is 24.9 Å². The molecule has 2 aromatic heterocycles. The summed E-state index contributed by atoms with van der Waals surface area (Å²) in [5.74, 6) is 1.92. The zero-order valence-corrected chi connectivity index (χ0v) is 21.4. The highest BCUT2D eigenvalue weighted by atomic mass is 28.3. The molecule has 3 heterocycles. The lowest BCUT2D eigenvalue weighted by atomic mass is 9.95. The third-order valence-corrected chi connectivity index (χ3v) is 13.6. The molecule has 166 valence electrons. The highest BCUT2D eigenvalue weighted by Gasteiger charge is 2.49. The average molecular weight is 429 g/mol. The molecule has 5 nitrogen and oxygen atoms in total. The second-order valence-corrected chi connectivity index (χ2v) is 16.7. The van der Waals surface area contributed by atoms with Gasteiger partial charge < -0.3 is 4.42 Å². The fourth-order valence-corrected chi connectivity index (χ4v) is 11.5. The van der Waals surface area contributed by atoms with E-state index in [0.717, 1.165) is 43.2 Å². The van der Waals surface area contributed by atoms with E-state index >= 15 is 0 Å². The Morgan fingerprint density at radius 3 is 2.20 bits per heavy atom. The average Bonchev–Trinajstić information content (AvgIpc) is 3.08. The highest BCUT2D eigenvalue weighted by Crippen LogP contribution is 2.40. The summed E-state index contributed by atoms with van der Waals surface area (Å²) in [5.41, 5.74) is 5.26. The van der Waals surface area contributed by atoms with Crippen LogP contribution in [0.25, 0.3) is 0 Å². The van der Waals surface area contributed by atoms with Crippen LogP contribution in [0.4, 0.5) is 0 Å². The van der Waals surface area contributed by atoms with E-state index in [1.807, 2.05) is 12.4 Å². The third kappa shape index (κ3) is 4.26. The maximum absolute atomic E-state index is 6.47. The summed E-state index contributed by atoms with van der Waals surface area (Å²) in [6.45, 7) is 23.3. The second kappa shape index (κ2) is 8.54. The quantitative estimate of drug-likeness (QED) is 0.591. The van der Waals surface area contributed by atoms with Crippen molar-refractivity contribution in [1.29, 1.82) is 0 Å². The lowest BCUT2D eigenvalue weighted by molar-refractivity contribution is 0.224. The summed E-state index contributed by atoms with van der Waals surface area (Å²) in [6.07, 6.45) is 4.96. The van der Waals surface area contributed by atoms with E-state index in [1.165, 1.54) is 11.3 Å². The number of oxazole rings is 1. The SMILES string of the molecule is CC(C)[Si](c1ncc(CN2CCc3nc(C(C)(C)C)ncc3C2)o1)(C(C)C)C(C)C. The molecule has 0 N–H and O–H groups in total. The van der Waals surface area contributed by atoms with Crippen molar-refractivity contribution in [3.8, 4) is 0 Å². The highest BCUT2D eigenvalue weighted by molar-refractivity contribution is 6.93. The minimum atomic E-state index is -1.85. The zero-order valence-electron chi connectivity index (χ0n) is 20.4. The second-order valence-electron chi connectivity index (χ2n) is 10.9. The Balaban J connectivity index is 1.77. The number of nitrogens with zero attached hydrogens (tertiary/aromatic N) is 4. The summed E-state index contributed by atoms with van der Waals surface area (Å²) < 4.78 is 6.47. The van der Waals surface area contributed by atoms with Crippen LogP contribution in [0.15, 0.2) is 16.8 Å². The zero-order chi connectivity index (χ0) is 22.3. The van der Waals surface area contributed by atoms with Crippen LogP contribution in [0.3, 0.4) is 0 Å². The molecule has 0 saturated heterocycles. The first-order valence-electron chi connectivity index (χ1n) is 11.5. The van der Waals surface area contributed by atoms with Crippen LogP contribution in [-0.4, -0.2) is 34.5 Å². The van der Waals surface area contributed by atoms with Crippen molar-refractivity contribution in [2.75, 3.05) is 6.54 Å². The number of rotatable bonds is 6. The molecule has 0 fully saturated rings. The van der Waals surface area contributed by atoms with E-state index in [9.17, 15) is 0 Å². The Bertz CT molecular complexity index is 845. The van der Waals surface area contributed by atoms with Gasteiger partial charge in [0.15, 0.2) is 13.6 Å². The molecule has 0 atom stereocenters. The Labute approximate surface area is 183 Å². The molecular weight excluding hydrogens is 388 g/mol. The van der Waals surface area contributed by atoms with Gasteiger partial charge >= 0.3 is 0 Å². The van der Waals surface area contributed by atoms with Crippen molar-refractivity contribution in [3.05, 3.63) is 35.2 Å². The minimum Gasteiger partial charge on any atom is -0.449 e. The normalized spacial score (nSPS) is 16.0. The molecule has 0 unspecified atom stereocenters. The summed E-state index contributed by atoms with van der Waals surface area (Å²) >= 11 is 0. The fourth-order valence-electron chi connectivity index (χ4n) is 5.41. The van der Waals surface area contributed by atoms with Gasteiger partial charge in [0.25, 0.3) is 0 Å². The number of aromatic nitrogens is 3. The van der Waals surface area contributed by atoms with Gasteiger partial charge in [0, 0.05) is 42.4 Å². The van der Waals surface area contributed by atoms with Crippen molar-refractivity contribution < 1.29 is 4.42 Å². The number of hydrogen-bond acceptors (Lipinski definition) is 5. The molecule has 3 rings (SSSR count). The lowest BCUT2D eigenvalue weighted by Crippen LogP contribution is -2.56. The molecule has 0 amide bonds. The molecule has 0 aromatic carbocycles. The van der Waals surface area contributed by atoms with Crippen LogP contribution >= 0.6 is 0 Å². The van der Waals surface area contributed by atoms with Crippen LogP contribution < -0.4 is 5.51 Å². The lowest BCUT2D eigenvalue weighted by Gasteiger charge is -2.39. The molecule has 0 radical (unpaired) electrons. The van der Waals surface area contributed by atoms with E-state index < -0.39 is 8.07 Å². The molecule has 0 aliphatic carbocycles. The number of fused-ring (bicyclic) bond motifs is 1. The Kier molecular flexibility index (Phi) is 6.59. The molecule has 0 spiro atoms. The monoisotopic (exact) mass is 428 g/mol. The van der Waals surface area contributed by atoms with E-state index in [1.54, 1.807) is 0 Å². The van der Waals surface area contributed by atoms with E-state index in [0.29, 0.717) is 16.6 Å². The van der Waals surface area contributed by atoms with Gasteiger partial charge in [-0.1, -0.05) is 62.3 Å². The van der Waals surface area contributed by atoms with Crippen molar-refractivity contribution in [1.82, 2.24) is 19.9 Å². The Hall–Kier alpha value is -1.53. The third-order valence-electron chi connectivity index (χ3n) is 6.85. The Morgan fingerprint density at radius 1 is 1.00 bits per heavy atom. The predicted octanol–water partition coefficient (Wildman–Crippen LogP) is 5.21. The van der Waals surface area contributed by atoms with Crippen LogP contribution in [0, 0.1) is 0 Å². The van der Waals surface area contributed by atoms with Gasteiger partial charge in [-0.3, -0.25) is 4.90 Å². The van der Waals surface area contributed by atoms with Gasteiger partial charge in [-0.2, -0.15) is 0 Å². The maximum Gasteiger partial charge on any atom is 0.167 e. The van der Waals surface area contributed by atoms with Gasteiger partial charge in [0.2, 0.25) is 0 Å². The Morgan fingerprint density at radius 2 is 1.63 bits per heavy atom. The fraction of sp³-hybridized carbons (Fsp3) is 0.708. The van der Waals surface area contributed by atoms with Crippen molar-refractivity contribution in [2.24, 2.45) is 0 Å².